The summed E-state index contributed by atoms with van der Waals surface area (Å²) in [6.45, 7) is 4.73. The van der Waals surface area contributed by atoms with Gasteiger partial charge in [-0.2, -0.15) is 18.3 Å². The molecule has 2 atom stereocenters. The van der Waals surface area contributed by atoms with Gasteiger partial charge in [0, 0.05) is 43.3 Å². The molecule has 2 aromatic heterocycles. The zero-order valence-corrected chi connectivity index (χ0v) is 23.6. The molecule has 1 unspecified atom stereocenters. The number of methoxy groups -OCH3 is 1. The number of aliphatic hydroxyl groups excluding tert-OH is 1. The Morgan fingerprint density at radius 1 is 1.19 bits per heavy atom. The predicted octanol–water partition coefficient (Wildman–Crippen LogP) is 4.07. The number of carbonyl (C=O) groups excluding carboxylic acids is 1. The van der Waals surface area contributed by atoms with Gasteiger partial charge in [0.05, 0.1) is 31.6 Å². The van der Waals surface area contributed by atoms with E-state index in [4.69, 9.17) is 10.5 Å². The molecule has 1 aliphatic rings. The number of hydrogen-bond acceptors (Lipinski definition) is 7. The average Bonchev–Trinajstić information content (AvgIpc) is 3.39. The highest BCUT2D eigenvalue weighted by molar-refractivity contribution is 6.00. The molecule has 3 heterocycles. The molecule has 5 rings (SSSR count). The summed E-state index contributed by atoms with van der Waals surface area (Å²) in [5.74, 6) is 0.102. The monoisotopic (exact) mass is 582 g/mol. The van der Waals surface area contributed by atoms with Crippen LogP contribution < -0.4 is 10.5 Å². The van der Waals surface area contributed by atoms with Gasteiger partial charge in [0.1, 0.15) is 11.3 Å². The number of aromatic nitrogens is 3. The molecular weight excluding hydrogens is 549 g/mol. The third-order valence-electron chi connectivity index (χ3n) is 7.85. The zero-order chi connectivity index (χ0) is 30.2. The van der Waals surface area contributed by atoms with Crippen molar-refractivity contribution >= 4 is 11.6 Å². The van der Waals surface area contributed by atoms with E-state index in [1.54, 1.807) is 29.2 Å². The number of alkyl halides is 3. The number of carbonyl (C=O) groups is 1. The van der Waals surface area contributed by atoms with Crippen LogP contribution in [0, 0.1) is 6.92 Å². The van der Waals surface area contributed by atoms with E-state index in [9.17, 15) is 23.1 Å². The molecular formula is C30H33F3N6O3. The largest absolute Gasteiger partial charge is 0.497 e. The molecule has 42 heavy (non-hydrogen) atoms. The van der Waals surface area contributed by atoms with Crippen molar-refractivity contribution in [3.8, 4) is 17.0 Å². The van der Waals surface area contributed by atoms with Crippen molar-refractivity contribution < 1.29 is 27.8 Å². The van der Waals surface area contributed by atoms with Gasteiger partial charge in [-0.1, -0.05) is 24.3 Å². The fourth-order valence-corrected chi connectivity index (χ4v) is 5.67. The van der Waals surface area contributed by atoms with Crippen molar-refractivity contribution in [1.82, 2.24) is 24.4 Å². The Morgan fingerprint density at radius 3 is 2.55 bits per heavy atom. The van der Waals surface area contributed by atoms with Crippen molar-refractivity contribution in [2.75, 3.05) is 33.4 Å². The molecule has 3 N–H and O–H groups in total. The molecule has 0 bridgehead atoms. The molecule has 4 aromatic rings. The van der Waals surface area contributed by atoms with Gasteiger partial charge in [0.15, 0.2) is 11.3 Å². The van der Waals surface area contributed by atoms with Crippen LogP contribution in [0.1, 0.15) is 45.7 Å². The fourth-order valence-electron chi connectivity index (χ4n) is 5.67. The Bertz CT molecular complexity index is 1590. The van der Waals surface area contributed by atoms with Gasteiger partial charge in [-0.3, -0.25) is 9.69 Å². The lowest BCUT2D eigenvalue weighted by Crippen LogP contribution is -2.55. The summed E-state index contributed by atoms with van der Waals surface area (Å²) in [5, 5.41) is 14.2. The molecule has 0 aliphatic carbocycles. The van der Waals surface area contributed by atoms with Crippen molar-refractivity contribution in [3.63, 3.8) is 0 Å². The minimum Gasteiger partial charge on any atom is -0.497 e. The number of nitrogens with two attached hydrogens (primary N) is 1. The molecule has 9 nitrogen and oxygen atoms in total. The van der Waals surface area contributed by atoms with E-state index in [2.05, 4.69) is 15.0 Å². The molecule has 1 fully saturated rings. The smallest absolute Gasteiger partial charge is 0.433 e. The van der Waals surface area contributed by atoms with Gasteiger partial charge < -0.3 is 20.5 Å². The third-order valence-corrected chi connectivity index (χ3v) is 7.85. The minimum atomic E-state index is -4.74. The number of piperazine rings is 1. The van der Waals surface area contributed by atoms with Crippen molar-refractivity contribution in [3.05, 3.63) is 82.7 Å². The van der Waals surface area contributed by atoms with Crippen molar-refractivity contribution in [1.29, 1.82) is 0 Å². The first-order chi connectivity index (χ1) is 20.1. The number of rotatable bonds is 7. The summed E-state index contributed by atoms with van der Waals surface area (Å²) in [5.41, 5.74) is 6.99. The van der Waals surface area contributed by atoms with Crippen LogP contribution in [0.2, 0.25) is 0 Å². The quantitative estimate of drug-likeness (QED) is 0.338. The Kier molecular flexibility index (Phi) is 8.22. The second kappa shape index (κ2) is 11.7. The molecule has 0 saturated carbocycles. The topological polar surface area (TPSA) is 109 Å². The molecule has 0 spiro atoms. The molecule has 1 aliphatic heterocycles. The second-order valence-corrected chi connectivity index (χ2v) is 10.4. The molecule has 222 valence electrons. The van der Waals surface area contributed by atoms with Crippen LogP contribution >= 0.6 is 0 Å². The first kappa shape index (κ1) is 29.5. The van der Waals surface area contributed by atoms with E-state index in [0.717, 1.165) is 17.3 Å². The third kappa shape index (κ3) is 5.44. The molecule has 1 amide bonds. The Balaban J connectivity index is 1.47. The van der Waals surface area contributed by atoms with Crippen molar-refractivity contribution in [2.24, 2.45) is 5.73 Å². The Hall–Kier alpha value is -4.00. The van der Waals surface area contributed by atoms with E-state index < -0.39 is 17.8 Å². The Labute approximate surface area is 241 Å². The van der Waals surface area contributed by atoms with Crippen LogP contribution in [0.5, 0.6) is 5.75 Å². The van der Waals surface area contributed by atoms with Crippen LogP contribution in [0.3, 0.4) is 0 Å². The van der Waals surface area contributed by atoms with E-state index >= 15 is 0 Å². The maximum atomic E-state index is 14.3. The molecule has 1 saturated heterocycles. The highest BCUT2D eigenvalue weighted by atomic mass is 19.4. The van der Waals surface area contributed by atoms with Crippen LogP contribution in [0.25, 0.3) is 16.9 Å². The van der Waals surface area contributed by atoms with Gasteiger partial charge in [-0.05, 0) is 49.2 Å². The summed E-state index contributed by atoms with van der Waals surface area (Å²) < 4.78 is 48.9. The SMILES string of the molecule is COc1ccc(-c2nc3c(C(=O)N4CCN(C(CO)c5cccc(CN)c5)C[C@H]4C)cnn3c(C(F)(F)F)c2C)cc1. The summed E-state index contributed by atoms with van der Waals surface area (Å²) in [7, 11) is 1.50. The number of ether oxygens (including phenoxy) is 1. The van der Waals surface area contributed by atoms with Crippen LogP contribution in [-0.4, -0.2) is 74.8 Å². The van der Waals surface area contributed by atoms with Crippen molar-refractivity contribution in [2.45, 2.75) is 38.7 Å². The van der Waals surface area contributed by atoms with Crippen LogP contribution in [0.15, 0.2) is 54.7 Å². The highest BCUT2D eigenvalue weighted by Crippen LogP contribution is 2.37. The number of halogens is 3. The second-order valence-electron chi connectivity index (χ2n) is 10.4. The number of nitrogens with zero attached hydrogens (tertiary/aromatic N) is 5. The first-order valence-corrected chi connectivity index (χ1v) is 13.6. The number of benzene rings is 2. The number of amides is 1. The van der Waals surface area contributed by atoms with Crippen LogP contribution in [-0.2, 0) is 12.7 Å². The van der Waals surface area contributed by atoms with Gasteiger partial charge in [-0.25, -0.2) is 9.50 Å². The van der Waals surface area contributed by atoms with Gasteiger partial charge in [-0.15, -0.1) is 0 Å². The number of fused-ring (bicyclic) bond motifs is 1. The van der Waals surface area contributed by atoms with E-state index in [0.29, 0.717) is 42.0 Å². The minimum absolute atomic E-state index is 0.00934. The van der Waals surface area contributed by atoms with Gasteiger partial charge >= 0.3 is 6.18 Å². The predicted molar refractivity (Wildman–Crippen MR) is 151 cm³/mol. The van der Waals surface area contributed by atoms with E-state index in [-0.39, 0.29) is 41.2 Å². The normalized spacial score (nSPS) is 17.0. The van der Waals surface area contributed by atoms with Crippen LogP contribution in [0.4, 0.5) is 13.2 Å². The highest BCUT2D eigenvalue weighted by Gasteiger charge is 2.39. The average molecular weight is 583 g/mol. The summed E-state index contributed by atoms with van der Waals surface area (Å²) in [4.78, 5) is 22.1. The molecule has 2 aromatic carbocycles. The maximum Gasteiger partial charge on any atom is 0.433 e. The molecule has 0 radical (unpaired) electrons. The first-order valence-electron chi connectivity index (χ1n) is 13.6. The lowest BCUT2D eigenvalue weighted by atomic mass is 10.0. The van der Waals surface area contributed by atoms with Gasteiger partial charge in [0.2, 0.25) is 0 Å². The zero-order valence-electron chi connectivity index (χ0n) is 23.6. The lowest BCUT2D eigenvalue weighted by molar-refractivity contribution is -0.143. The molecule has 12 heteroatoms. The van der Waals surface area contributed by atoms with E-state index in [1.165, 1.54) is 14.0 Å². The maximum absolute atomic E-state index is 14.3. The lowest BCUT2D eigenvalue weighted by Gasteiger charge is -2.43. The number of aliphatic hydroxyl groups is 1. The summed E-state index contributed by atoms with van der Waals surface area (Å²) in [6, 6.07) is 13.7. The van der Waals surface area contributed by atoms with E-state index in [1.807, 2.05) is 31.2 Å². The standard InChI is InChI=1S/C30H33F3N6O3/c1-18-16-37(25(17-40)22-6-4-5-20(13-22)14-34)11-12-38(18)29(41)24-15-35-39-27(30(31,32)33)19(2)26(36-28(24)39)21-7-9-23(42-3)10-8-21/h4-10,13,15,18,25,40H,11-12,14,16-17,34H2,1-3H3/t18-,25?/m1/s1. The summed E-state index contributed by atoms with van der Waals surface area (Å²) >= 11 is 0. The fraction of sp³-hybridized carbons (Fsp3) is 0.367. The summed E-state index contributed by atoms with van der Waals surface area (Å²) in [6.07, 6.45) is -3.58. The van der Waals surface area contributed by atoms with Gasteiger partial charge in [0.25, 0.3) is 5.91 Å². The number of hydrogen-bond donors (Lipinski definition) is 2. The Morgan fingerprint density at radius 2 is 1.93 bits per heavy atom.